The number of amides is 1. The minimum Gasteiger partial charge on any atom is -0.444 e. The van der Waals surface area contributed by atoms with Crippen molar-refractivity contribution in [3.8, 4) is 0 Å². The van der Waals surface area contributed by atoms with Gasteiger partial charge in [0.2, 0.25) is 0 Å². The molecule has 0 saturated heterocycles. The number of nitrogens with one attached hydrogen (secondary N) is 1. The lowest BCUT2D eigenvalue weighted by molar-refractivity contribution is 0.0526. The number of hydrogen-bond donors (Lipinski definition) is 1. The first-order valence-electron chi connectivity index (χ1n) is 6.63. The second-order valence-corrected chi connectivity index (χ2v) is 6.40. The molecule has 0 saturated carbocycles. The van der Waals surface area contributed by atoms with Gasteiger partial charge in [-0.1, -0.05) is 33.6 Å². The number of carbonyl (C=O) groups excluding carboxylic acids is 1. The van der Waals surface area contributed by atoms with E-state index in [1.807, 2.05) is 20.8 Å². The van der Waals surface area contributed by atoms with Crippen molar-refractivity contribution in [1.29, 1.82) is 0 Å². The van der Waals surface area contributed by atoms with Crippen LogP contribution in [0.4, 0.5) is 4.79 Å². The van der Waals surface area contributed by atoms with Crippen molar-refractivity contribution >= 4 is 6.09 Å². The van der Waals surface area contributed by atoms with Crippen LogP contribution < -0.4 is 5.32 Å². The van der Waals surface area contributed by atoms with Crippen molar-refractivity contribution < 1.29 is 9.53 Å². The van der Waals surface area contributed by atoms with E-state index in [4.69, 9.17) is 4.74 Å². The van der Waals surface area contributed by atoms with Crippen molar-refractivity contribution in [2.24, 2.45) is 5.41 Å². The predicted molar refractivity (Wildman–Crippen MR) is 72.2 cm³/mol. The third-order valence-electron chi connectivity index (χ3n) is 2.91. The van der Waals surface area contributed by atoms with Crippen LogP contribution in [0.3, 0.4) is 0 Å². The molecule has 1 amide bonds. The summed E-state index contributed by atoms with van der Waals surface area (Å²) in [6.45, 7) is 13.1. The Morgan fingerprint density at radius 1 is 1.12 bits per heavy atom. The Morgan fingerprint density at radius 2 is 1.71 bits per heavy atom. The molecule has 0 atom stereocenters. The Hall–Kier alpha value is -0.730. The zero-order valence-corrected chi connectivity index (χ0v) is 12.4. The van der Waals surface area contributed by atoms with E-state index in [0.717, 1.165) is 12.8 Å². The van der Waals surface area contributed by atoms with Gasteiger partial charge in [0.05, 0.1) is 0 Å². The second-order valence-electron chi connectivity index (χ2n) is 6.40. The molecule has 0 aromatic rings. The van der Waals surface area contributed by atoms with E-state index >= 15 is 0 Å². The summed E-state index contributed by atoms with van der Waals surface area (Å²) in [4.78, 5) is 11.3. The van der Waals surface area contributed by atoms with Gasteiger partial charge in [-0.25, -0.2) is 4.79 Å². The zero-order chi connectivity index (χ0) is 13.5. The fourth-order valence-electron chi connectivity index (χ4n) is 1.41. The summed E-state index contributed by atoms with van der Waals surface area (Å²) in [7, 11) is 0. The molecule has 0 heterocycles. The smallest absolute Gasteiger partial charge is 0.407 e. The quantitative estimate of drug-likeness (QED) is 0.713. The minimum atomic E-state index is -0.408. The van der Waals surface area contributed by atoms with Gasteiger partial charge in [-0.15, -0.1) is 0 Å². The summed E-state index contributed by atoms with van der Waals surface area (Å²) in [5, 5.41) is 2.78. The Labute approximate surface area is 106 Å². The molecule has 0 aliphatic heterocycles. The molecular formula is C14H29NO2. The molecule has 0 unspecified atom stereocenters. The summed E-state index contributed by atoms with van der Waals surface area (Å²) in [6.07, 6.45) is 4.26. The highest BCUT2D eigenvalue weighted by Gasteiger charge is 2.16. The van der Waals surface area contributed by atoms with Crippen LogP contribution in [-0.4, -0.2) is 18.2 Å². The predicted octanol–water partition coefficient (Wildman–Crippen LogP) is 4.12. The Kier molecular flexibility index (Phi) is 6.58. The van der Waals surface area contributed by atoms with Gasteiger partial charge in [0, 0.05) is 6.54 Å². The molecule has 3 heteroatoms. The van der Waals surface area contributed by atoms with E-state index in [9.17, 15) is 4.79 Å². The standard InChI is InChI=1S/C14H29NO2/c1-7-14(5,6)10-8-9-11-15-12(16)17-13(2,3)4/h7-11H2,1-6H3,(H,15,16). The molecule has 0 spiro atoms. The lowest BCUT2D eigenvalue weighted by Gasteiger charge is -2.22. The average Bonchev–Trinajstić information content (AvgIpc) is 2.14. The van der Waals surface area contributed by atoms with E-state index in [0.29, 0.717) is 12.0 Å². The van der Waals surface area contributed by atoms with Crippen LogP contribution in [-0.2, 0) is 4.74 Å². The highest BCUT2D eigenvalue weighted by atomic mass is 16.6. The number of unbranched alkanes of at least 4 members (excludes halogenated alkanes) is 1. The molecule has 3 nitrogen and oxygen atoms in total. The van der Waals surface area contributed by atoms with Gasteiger partial charge in [0.15, 0.2) is 0 Å². The summed E-state index contributed by atoms with van der Waals surface area (Å²) in [6, 6.07) is 0. The van der Waals surface area contributed by atoms with Crippen molar-refractivity contribution in [1.82, 2.24) is 5.32 Å². The molecule has 0 aliphatic carbocycles. The third kappa shape index (κ3) is 10.2. The first-order valence-corrected chi connectivity index (χ1v) is 6.63. The van der Waals surface area contributed by atoms with Crippen LogP contribution in [0.2, 0.25) is 0 Å². The number of ether oxygens (including phenoxy) is 1. The van der Waals surface area contributed by atoms with E-state index in [-0.39, 0.29) is 6.09 Å². The maximum atomic E-state index is 11.3. The lowest BCUT2D eigenvalue weighted by Crippen LogP contribution is -2.33. The SMILES string of the molecule is CCC(C)(C)CCCCNC(=O)OC(C)(C)C. The van der Waals surface area contributed by atoms with Crippen LogP contribution in [0, 0.1) is 5.41 Å². The number of alkyl carbamates (subject to hydrolysis) is 1. The van der Waals surface area contributed by atoms with Crippen molar-refractivity contribution in [2.45, 2.75) is 72.8 Å². The van der Waals surface area contributed by atoms with Crippen LogP contribution in [0.1, 0.15) is 67.2 Å². The number of carbonyl (C=O) groups is 1. The largest absolute Gasteiger partial charge is 0.444 e. The summed E-state index contributed by atoms with van der Waals surface area (Å²) in [5.41, 5.74) is 0.0141. The van der Waals surface area contributed by atoms with E-state index in [2.05, 4.69) is 26.1 Å². The first kappa shape index (κ1) is 16.3. The zero-order valence-electron chi connectivity index (χ0n) is 12.4. The van der Waals surface area contributed by atoms with Crippen LogP contribution >= 0.6 is 0 Å². The maximum absolute atomic E-state index is 11.3. The molecule has 0 fully saturated rings. The lowest BCUT2D eigenvalue weighted by atomic mass is 9.85. The first-order chi connectivity index (χ1) is 7.66. The van der Waals surface area contributed by atoms with Gasteiger partial charge < -0.3 is 10.1 Å². The molecule has 0 radical (unpaired) electrons. The van der Waals surface area contributed by atoms with Gasteiger partial charge in [-0.05, 0) is 39.0 Å². The fourth-order valence-corrected chi connectivity index (χ4v) is 1.41. The molecule has 0 aromatic heterocycles. The third-order valence-corrected chi connectivity index (χ3v) is 2.91. The average molecular weight is 243 g/mol. The Morgan fingerprint density at radius 3 is 2.18 bits per heavy atom. The van der Waals surface area contributed by atoms with E-state index in [1.165, 1.54) is 12.8 Å². The normalized spacial score (nSPS) is 12.4. The highest BCUT2D eigenvalue weighted by Crippen LogP contribution is 2.26. The van der Waals surface area contributed by atoms with Crippen molar-refractivity contribution in [3.05, 3.63) is 0 Å². The van der Waals surface area contributed by atoms with Crippen molar-refractivity contribution in [3.63, 3.8) is 0 Å². The molecule has 102 valence electrons. The van der Waals surface area contributed by atoms with Crippen LogP contribution in [0.15, 0.2) is 0 Å². The summed E-state index contributed by atoms with van der Waals surface area (Å²) >= 11 is 0. The molecule has 0 bridgehead atoms. The van der Waals surface area contributed by atoms with Gasteiger partial charge in [-0.3, -0.25) is 0 Å². The topological polar surface area (TPSA) is 38.3 Å². The fraction of sp³-hybridized carbons (Fsp3) is 0.929. The maximum Gasteiger partial charge on any atom is 0.407 e. The summed E-state index contributed by atoms with van der Waals surface area (Å²) < 4.78 is 5.16. The monoisotopic (exact) mass is 243 g/mol. The molecule has 17 heavy (non-hydrogen) atoms. The van der Waals surface area contributed by atoms with E-state index < -0.39 is 5.60 Å². The number of hydrogen-bond acceptors (Lipinski definition) is 2. The highest BCUT2D eigenvalue weighted by molar-refractivity contribution is 5.67. The molecular weight excluding hydrogens is 214 g/mol. The summed E-state index contributed by atoms with van der Waals surface area (Å²) in [5.74, 6) is 0. The molecule has 0 aromatic carbocycles. The van der Waals surface area contributed by atoms with Crippen LogP contribution in [0.25, 0.3) is 0 Å². The molecule has 1 N–H and O–H groups in total. The van der Waals surface area contributed by atoms with Gasteiger partial charge in [0.1, 0.15) is 5.60 Å². The van der Waals surface area contributed by atoms with E-state index in [1.54, 1.807) is 0 Å². The molecule has 0 aliphatic rings. The number of rotatable bonds is 6. The van der Waals surface area contributed by atoms with Gasteiger partial charge in [-0.2, -0.15) is 0 Å². The van der Waals surface area contributed by atoms with Crippen LogP contribution in [0.5, 0.6) is 0 Å². The van der Waals surface area contributed by atoms with Gasteiger partial charge in [0.25, 0.3) is 0 Å². The second kappa shape index (κ2) is 6.87. The van der Waals surface area contributed by atoms with Gasteiger partial charge >= 0.3 is 6.09 Å². The van der Waals surface area contributed by atoms with Crippen molar-refractivity contribution in [2.75, 3.05) is 6.54 Å². The minimum absolute atomic E-state index is 0.313. The molecule has 0 rings (SSSR count). The Bertz CT molecular complexity index is 229. The Balaban J connectivity index is 3.56.